The maximum absolute atomic E-state index is 13.0. The highest BCUT2D eigenvalue weighted by molar-refractivity contribution is 5.89. The Morgan fingerprint density at radius 3 is 2.58 bits per heavy atom. The standard InChI is InChI=1S/C19H26N4O/c1-12(2)16-21-17(23-22-16)14(4)20-18(24)19(9-6-10-19)15-8-5-7-13(3)11-15/h5,7-8,11-12,14H,6,9-10H2,1-4H3,(H,20,24)(H,21,22,23). The molecule has 2 N–H and O–H groups in total. The first-order valence-electron chi connectivity index (χ1n) is 8.73. The molecule has 5 nitrogen and oxygen atoms in total. The van der Waals surface area contributed by atoms with Crippen molar-refractivity contribution in [3.05, 3.63) is 47.0 Å². The average molecular weight is 326 g/mol. The molecule has 1 aromatic heterocycles. The molecule has 128 valence electrons. The minimum Gasteiger partial charge on any atom is -0.346 e. The van der Waals surface area contributed by atoms with Crippen LogP contribution in [-0.4, -0.2) is 21.1 Å². The van der Waals surface area contributed by atoms with Gasteiger partial charge in [-0.15, -0.1) is 0 Å². The highest BCUT2D eigenvalue weighted by Gasteiger charge is 2.46. The number of rotatable bonds is 5. The summed E-state index contributed by atoms with van der Waals surface area (Å²) in [6, 6.07) is 8.13. The van der Waals surface area contributed by atoms with Gasteiger partial charge in [-0.3, -0.25) is 9.89 Å². The van der Waals surface area contributed by atoms with Crippen LogP contribution < -0.4 is 5.32 Å². The van der Waals surface area contributed by atoms with Crippen LogP contribution in [0, 0.1) is 6.92 Å². The van der Waals surface area contributed by atoms with Gasteiger partial charge in [-0.2, -0.15) is 5.10 Å². The van der Waals surface area contributed by atoms with Gasteiger partial charge in [0.05, 0.1) is 11.5 Å². The zero-order valence-electron chi connectivity index (χ0n) is 14.9. The summed E-state index contributed by atoms with van der Waals surface area (Å²) >= 11 is 0. The lowest BCUT2D eigenvalue weighted by Crippen LogP contribution is -2.49. The first-order chi connectivity index (χ1) is 11.4. The minimum absolute atomic E-state index is 0.0920. The third-order valence-electron chi connectivity index (χ3n) is 5.01. The Morgan fingerprint density at radius 1 is 1.29 bits per heavy atom. The van der Waals surface area contributed by atoms with Gasteiger partial charge in [-0.25, -0.2) is 4.98 Å². The Morgan fingerprint density at radius 2 is 2.04 bits per heavy atom. The van der Waals surface area contributed by atoms with E-state index < -0.39 is 0 Å². The van der Waals surface area contributed by atoms with E-state index in [1.54, 1.807) is 0 Å². The number of carbonyl (C=O) groups is 1. The van der Waals surface area contributed by atoms with Crippen molar-refractivity contribution in [3.8, 4) is 0 Å². The number of aryl methyl sites for hydroxylation is 1. The maximum atomic E-state index is 13.0. The highest BCUT2D eigenvalue weighted by atomic mass is 16.2. The number of H-pyrrole nitrogens is 1. The largest absolute Gasteiger partial charge is 0.346 e. The average Bonchev–Trinajstić information content (AvgIpc) is 2.96. The second kappa shape index (κ2) is 6.38. The van der Waals surface area contributed by atoms with E-state index in [1.165, 1.54) is 5.56 Å². The Balaban J connectivity index is 1.77. The van der Waals surface area contributed by atoms with Gasteiger partial charge in [-0.05, 0) is 32.3 Å². The molecule has 1 aromatic carbocycles. The summed E-state index contributed by atoms with van der Waals surface area (Å²) in [5.41, 5.74) is 1.93. The zero-order chi connectivity index (χ0) is 17.3. The molecule has 0 saturated heterocycles. The first kappa shape index (κ1) is 16.7. The summed E-state index contributed by atoms with van der Waals surface area (Å²) in [7, 11) is 0. The Labute approximate surface area is 143 Å². The molecule has 1 aliphatic carbocycles. The van der Waals surface area contributed by atoms with Gasteiger partial charge in [0.15, 0.2) is 5.82 Å². The van der Waals surface area contributed by atoms with E-state index in [-0.39, 0.29) is 23.3 Å². The Hall–Kier alpha value is -2.17. The Bertz CT molecular complexity index is 730. The van der Waals surface area contributed by atoms with Crippen molar-refractivity contribution in [2.45, 2.75) is 64.3 Å². The lowest BCUT2D eigenvalue weighted by molar-refractivity contribution is -0.130. The van der Waals surface area contributed by atoms with Crippen LogP contribution in [0.2, 0.25) is 0 Å². The van der Waals surface area contributed by atoms with Gasteiger partial charge in [-0.1, -0.05) is 50.1 Å². The van der Waals surface area contributed by atoms with Crippen molar-refractivity contribution in [2.75, 3.05) is 0 Å². The van der Waals surface area contributed by atoms with Gasteiger partial charge < -0.3 is 5.32 Å². The lowest BCUT2D eigenvalue weighted by atomic mass is 9.63. The predicted octanol–water partition coefficient (Wildman–Crippen LogP) is 3.54. The van der Waals surface area contributed by atoms with Crippen LogP contribution in [0.25, 0.3) is 0 Å². The van der Waals surface area contributed by atoms with E-state index in [1.807, 2.05) is 13.0 Å². The normalized spacial score (nSPS) is 17.4. The number of carbonyl (C=O) groups excluding carboxylic acids is 1. The van der Waals surface area contributed by atoms with Gasteiger partial charge in [0.2, 0.25) is 5.91 Å². The topological polar surface area (TPSA) is 70.7 Å². The molecule has 2 aromatic rings. The summed E-state index contributed by atoms with van der Waals surface area (Å²) in [5.74, 6) is 1.85. The number of amides is 1. The fourth-order valence-corrected chi connectivity index (χ4v) is 3.26. The number of hydrogen-bond donors (Lipinski definition) is 2. The molecule has 1 amide bonds. The van der Waals surface area contributed by atoms with E-state index in [9.17, 15) is 4.79 Å². The van der Waals surface area contributed by atoms with E-state index >= 15 is 0 Å². The van der Waals surface area contributed by atoms with Crippen molar-refractivity contribution in [1.29, 1.82) is 0 Å². The number of nitrogens with one attached hydrogen (secondary N) is 2. The molecule has 0 spiro atoms. The maximum Gasteiger partial charge on any atom is 0.231 e. The van der Waals surface area contributed by atoms with Crippen molar-refractivity contribution in [3.63, 3.8) is 0 Å². The van der Waals surface area contributed by atoms with Crippen LogP contribution in [-0.2, 0) is 10.2 Å². The molecule has 1 heterocycles. The molecule has 24 heavy (non-hydrogen) atoms. The van der Waals surface area contributed by atoms with Crippen LogP contribution in [0.5, 0.6) is 0 Å². The molecule has 0 aliphatic heterocycles. The molecule has 0 radical (unpaired) electrons. The molecule has 0 bridgehead atoms. The molecule has 1 atom stereocenters. The summed E-state index contributed by atoms with van der Waals surface area (Å²) in [4.78, 5) is 17.5. The van der Waals surface area contributed by atoms with Gasteiger partial charge in [0, 0.05) is 5.92 Å². The summed E-state index contributed by atoms with van der Waals surface area (Å²) in [5, 5.41) is 10.3. The van der Waals surface area contributed by atoms with Crippen molar-refractivity contribution in [1.82, 2.24) is 20.5 Å². The number of hydrogen-bond acceptors (Lipinski definition) is 3. The quantitative estimate of drug-likeness (QED) is 0.883. The molecule has 5 heteroatoms. The fraction of sp³-hybridized carbons (Fsp3) is 0.526. The van der Waals surface area contributed by atoms with Crippen LogP contribution in [0.1, 0.15) is 74.8 Å². The lowest BCUT2D eigenvalue weighted by Gasteiger charge is -2.41. The molecule has 1 unspecified atom stereocenters. The van der Waals surface area contributed by atoms with Crippen LogP contribution in [0.4, 0.5) is 0 Å². The molecule has 1 saturated carbocycles. The van der Waals surface area contributed by atoms with Gasteiger partial charge in [0.1, 0.15) is 5.82 Å². The van der Waals surface area contributed by atoms with E-state index in [0.29, 0.717) is 5.82 Å². The van der Waals surface area contributed by atoms with Crippen molar-refractivity contribution in [2.24, 2.45) is 0 Å². The second-order valence-electron chi connectivity index (χ2n) is 7.23. The molecule has 1 aliphatic rings. The van der Waals surface area contributed by atoms with Crippen LogP contribution in [0.3, 0.4) is 0 Å². The summed E-state index contributed by atoms with van der Waals surface area (Å²) < 4.78 is 0. The number of benzene rings is 1. The smallest absolute Gasteiger partial charge is 0.231 e. The number of nitrogens with zero attached hydrogens (tertiary/aromatic N) is 2. The van der Waals surface area contributed by atoms with Crippen LogP contribution >= 0.6 is 0 Å². The SMILES string of the molecule is Cc1cccc(C2(C(=O)NC(C)c3nc(C(C)C)n[nH]3)CCC2)c1. The van der Waals surface area contributed by atoms with Crippen LogP contribution in [0.15, 0.2) is 24.3 Å². The summed E-state index contributed by atoms with van der Waals surface area (Å²) in [6.07, 6.45) is 2.90. The third-order valence-corrected chi connectivity index (χ3v) is 5.01. The van der Waals surface area contributed by atoms with Crippen molar-refractivity contribution < 1.29 is 4.79 Å². The minimum atomic E-state index is -0.388. The number of aromatic amines is 1. The van der Waals surface area contributed by atoms with Gasteiger partial charge >= 0.3 is 0 Å². The number of aromatic nitrogens is 3. The Kier molecular flexibility index (Phi) is 4.43. The van der Waals surface area contributed by atoms with E-state index in [2.05, 4.69) is 59.5 Å². The predicted molar refractivity (Wildman–Crippen MR) is 93.7 cm³/mol. The highest BCUT2D eigenvalue weighted by Crippen LogP contribution is 2.44. The molecular weight excluding hydrogens is 300 g/mol. The zero-order valence-corrected chi connectivity index (χ0v) is 14.9. The van der Waals surface area contributed by atoms with Gasteiger partial charge in [0.25, 0.3) is 0 Å². The molecule has 3 rings (SSSR count). The fourth-order valence-electron chi connectivity index (χ4n) is 3.26. The van der Waals surface area contributed by atoms with E-state index in [0.717, 1.165) is 30.7 Å². The van der Waals surface area contributed by atoms with Crippen molar-refractivity contribution >= 4 is 5.91 Å². The first-order valence-corrected chi connectivity index (χ1v) is 8.73. The van der Waals surface area contributed by atoms with E-state index in [4.69, 9.17) is 0 Å². The summed E-state index contributed by atoms with van der Waals surface area (Å²) in [6.45, 7) is 8.12. The third kappa shape index (κ3) is 2.95. The molecule has 1 fully saturated rings. The molecular formula is C19H26N4O. The second-order valence-corrected chi connectivity index (χ2v) is 7.23. The monoisotopic (exact) mass is 326 g/mol.